The lowest BCUT2D eigenvalue weighted by Gasteiger charge is -2.20. The predicted molar refractivity (Wildman–Crippen MR) is 257 cm³/mol. The topological polar surface area (TPSA) is 38.7 Å². The van der Waals surface area contributed by atoms with Crippen LogP contribution < -0.4 is 0 Å². The molecule has 0 spiro atoms. The largest absolute Gasteiger partial charge is 0.265 e. The summed E-state index contributed by atoms with van der Waals surface area (Å²) in [6.07, 6.45) is 3.66. The van der Waals surface area contributed by atoms with Gasteiger partial charge >= 0.3 is 0 Å². The zero-order chi connectivity index (χ0) is 41.0. The monoisotopic (exact) mass is 787 g/mol. The third-order valence-electron chi connectivity index (χ3n) is 12.3. The summed E-state index contributed by atoms with van der Waals surface area (Å²) in [7, 11) is 0. The number of rotatable bonds is 7. The average Bonchev–Trinajstić information content (AvgIpc) is 3.69. The molecule has 0 aliphatic heterocycles. The first-order valence-corrected chi connectivity index (χ1v) is 21.1. The predicted octanol–water partition coefficient (Wildman–Crippen LogP) is 15.5. The number of aromatic nitrogens is 3. The van der Waals surface area contributed by atoms with Gasteiger partial charge < -0.3 is 0 Å². The van der Waals surface area contributed by atoms with Crippen molar-refractivity contribution in [1.29, 1.82) is 0 Å². The Morgan fingerprint density at radius 2 is 0.742 bits per heavy atom. The average molecular weight is 788 g/mol. The second kappa shape index (κ2) is 14.8. The molecule has 3 nitrogen and oxygen atoms in total. The molecule has 2 heterocycles. The Hall–Kier alpha value is -8.27. The maximum absolute atomic E-state index is 5.16. The molecule has 0 radical (unpaired) electrons. The number of fused-ring (bicyclic) bond motifs is 4. The Morgan fingerprint density at radius 1 is 0.258 bits per heavy atom. The first-order chi connectivity index (χ1) is 30.8. The van der Waals surface area contributed by atoms with E-state index in [4.69, 9.17) is 9.97 Å². The first kappa shape index (κ1) is 35.7. The summed E-state index contributed by atoms with van der Waals surface area (Å²) in [5.74, 6) is 0.695. The third kappa shape index (κ3) is 5.94. The van der Waals surface area contributed by atoms with Crippen LogP contribution in [-0.4, -0.2) is 15.0 Å². The number of hydrogen-bond donors (Lipinski definition) is 0. The van der Waals surface area contributed by atoms with Crippen molar-refractivity contribution in [3.63, 3.8) is 0 Å². The standard InChI is InChI=1S/C59H37N3/c1-4-14-41(15-5-1)54-48-22-10-11-23-49(48)55(42-16-6-2-7-17-42)58-51-31-30-46(47-24-13-25-50(56(47)51)57(54)58)39-26-28-40(29-27-39)52-37-53(62-59(61-52)43-18-8-3-9-19-43)45-21-12-20-44(36-45)38-32-34-60-35-33-38/h1-37H. The van der Waals surface area contributed by atoms with E-state index >= 15 is 0 Å². The smallest absolute Gasteiger partial charge is 0.160 e. The van der Waals surface area contributed by atoms with Crippen LogP contribution in [0.3, 0.4) is 0 Å². The van der Waals surface area contributed by atoms with Crippen molar-refractivity contribution in [3.05, 3.63) is 225 Å². The molecule has 288 valence electrons. The molecule has 1 aliphatic rings. The fourth-order valence-electron chi connectivity index (χ4n) is 9.54. The minimum atomic E-state index is 0.695. The van der Waals surface area contributed by atoms with Crippen LogP contribution >= 0.6 is 0 Å². The number of hydrogen-bond acceptors (Lipinski definition) is 3. The molecular weight excluding hydrogens is 751 g/mol. The minimum Gasteiger partial charge on any atom is -0.265 e. The van der Waals surface area contributed by atoms with E-state index in [1.54, 1.807) is 0 Å². The molecule has 62 heavy (non-hydrogen) atoms. The summed E-state index contributed by atoms with van der Waals surface area (Å²) in [6.45, 7) is 0. The quantitative estimate of drug-likeness (QED) is 0.161. The summed E-state index contributed by atoms with van der Waals surface area (Å²) >= 11 is 0. The molecule has 9 aromatic carbocycles. The highest BCUT2D eigenvalue weighted by atomic mass is 14.9. The van der Waals surface area contributed by atoms with E-state index in [0.717, 1.165) is 44.8 Å². The van der Waals surface area contributed by atoms with Gasteiger partial charge in [-0.15, -0.1) is 0 Å². The van der Waals surface area contributed by atoms with E-state index in [2.05, 4.69) is 187 Å². The fraction of sp³-hybridized carbons (Fsp3) is 0. The molecule has 1 aliphatic carbocycles. The Kier molecular flexibility index (Phi) is 8.50. The minimum absolute atomic E-state index is 0.695. The SMILES string of the molecule is c1ccc(-c2nc(-c3ccc(-c4ccc5c6c(cccc46)-c4c-5c(-c5ccccc5)c5ccccc5c4-c4ccccc4)cc3)cc(-c3cccc(-c4ccncc4)c3)n2)cc1. The molecule has 3 heteroatoms. The first-order valence-electron chi connectivity index (χ1n) is 21.1. The van der Waals surface area contributed by atoms with E-state index in [-0.39, 0.29) is 0 Å². The van der Waals surface area contributed by atoms with Gasteiger partial charge in [-0.3, -0.25) is 4.98 Å². The molecule has 0 saturated heterocycles. The van der Waals surface area contributed by atoms with Gasteiger partial charge in [-0.05, 0) is 113 Å². The van der Waals surface area contributed by atoms with Crippen LogP contribution in [0.2, 0.25) is 0 Å². The van der Waals surface area contributed by atoms with Gasteiger partial charge in [-0.2, -0.15) is 0 Å². The Balaban J connectivity index is 1.00. The normalized spacial score (nSPS) is 11.5. The van der Waals surface area contributed by atoms with Crippen molar-refractivity contribution in [2.75, 3.05) is 0 Å². The lowest BCUT2D eigenvalue weighted by Crippen LogP contribution is -1.96. The molecule has 0 amide bonds. The van der Waals surface area contributed by atoms with Gasteiger partial charge in [-0.1, -0.05) is 188 Å². The summed E-state index contributed by atoms with van der Waals surface area (Å²) in [4.78, 5) is 14.5. The maximum atomic E-state index is 5.16. The van der Waals surface area contributed by atoms with E-state index in [9.17, 15) is 0 Å². The highest BCUT2D eigenvalue weighted by Crippen LogP contribution is 2.58. The van der Waals surface area contributed by atoms with E-state index in [0.29, 0.717) is 5.82 Å². The van der Waals surface area contributed by atoms with Crippen LogP contribution in [0.25, 0.3) is 122 Å². The Morgan fingerprint density at radius 3 is 1.39 bits per heavy atom. The van der Waals surface area contributed by atoms with E-state index in [1.807, 2.05) is 42.7 Å². The van der Waals surface area contributed by atoms with Gasteiger partial charge in [0.1, 0.15) is 0 Å². The highest BCUT2D eigenvalue weighted by Gasteiger charge is 2.31. The zero-order valence-corrected chi connectivity index (χ0v) is 33.7. The van der Waals surface area contributed by atoms with Gasteiger partial charge in [0.2, 0.25) is 0 Å². The summed E-state index contributed by atoms with van der Waals surface area (Å²) < 4.78 is 0. The van der Waals surface area contributed by atoms with Gasteiger partial charge in [-0.25, -0.2) is 9.97 Å². The van der Waals surface area contributed by atoms with Gasteiger partial charge in [0, 0.05) is 29.1 Å². The summed E-state index contributed by atoms with van der Waals surface area (Å²) in [5, 5.41) is 5.08. The Bertz CT molecular complexity index is 3380. The number of benzene rings is 9. The highest BCUT2D eigenvalue weighted by molar-refractivity contribution is 6.28. The molecular formula is C59H37N3. The molecule has 11 aromatic rings. The van der Waals surface area contributed by atoms with Crippen LogP contribution in [0, 0.1) is 0 Å². The van der Waals surface area contributed by atoms with Crippen LogP contribution in [0.5, 0.6) is 0 Å². The van der Waals surface area contributed by atoms with Crippen LogP contribution in [-0.2, 0) is 0 Å². The van der Waals surface area contributed by atoms with Crippen molar-refractivity contribution in [3.8, 4) is 101 Å². The fourth-order valence-corrected chi connectivity index (χ4v) is 9.54. The summed E-state index contributed by atoms with van der Waals surface area (Å²) in [6, 6.07) is 76.2. The molecule has 0 N–H and O–H groups in total. The maximum Gasteiger partial charge on any atom is 0.160 e. The van der Waals surface area contributed by atoms with E-state index in [1.165, 1.54) is 71.6 Å². The van der Waals surface area contributed by atoms with Gasteiger partial charge in [0.25, 0.3) is 0 Å². The molecule has 0 saturated carbocycles. The van der Waals surface area contributed by atoms with Crippen molar-refractivity contribution in [2.24, 2.45) is 0 Å². The van der Waals surface area contributed by atoms with Gasteiger partial charge in [0.15, 0.2) is 5.82 Å². The molecule has 0 fully saturated rings. The lowest BCUT2D eigenvalue weighted by molar-refractivity contribution is 1.18. The van der Waals surface area contributed by atoms with Crippen molar-refractivity contribution in [1.82, 2.24) is 15.0 Å². The van der Waals surface area contributed by atoms with Gasteiger partial charge in [0.05, 0.1) is 11.4 Å². The molecule has 0 unspecified atom stereocenters. The second-order valence-electron chi connectivity index (χ2n) is 15.9. The van der Waals surface area contributed by atoms with Crippen LogP contribution in [0.4, 0.5) is 0 Å². The van der Waals surface area contributed by atoms with E-state index < -0.39 is 0 Å². The van der Waals surface area contributed by atoms with Crippen molar-refractivity contribution < 1.29 is 0 Å². The molecule has 2 aromatic heterocycles. The zero-order valence-electron chi connectivity index (χ0n) is 33.7. The number of pyridine rings is 1. The number of nitrogens with zero attached hydrogens (tertiary/aromatic N) is 3. The van der Waals surface area contributed by atoms with Crippen molar-refractivity contribution >= 4 is 21.5 Å². The lowest BCUT2D eigenvalue weighted by atomic mass is 9.82. The molecule has 12 rings (SSSR count). The molecule has 0 bridgehead atoms. The van der Waals surface area contributed by atoms with Crippen LogP contribution in [0.1, 0.15) is 0 Å². The Labute approximate surface area is 360 Å². The second-order valence-corrected chi connectivity index (χ2v) is 15.9. The van der Waals surface area contributed by atoms with Crippen molar-refractivity contribution in [2.45, 2.75) is 0 Å². The summed E-state index contributed by atoms with van der Waals surface area (Å²) in [5.41, 5.74) is 19.6. The molecule has 0 atom stereocenters. The van der Waals surface area contributed by atoms with Crippen LogP contribution in [0.15, 0.2) is 225 Å². The third-order valence-corrected chi connectivity index (χ3v) is 12.3.